The molecule has 0 saturated carbocycles. The van der Waals surface area contributed by atoms with E-state index in [1.807, 2.05) is 0 Å². The molecule has 0 heterocycles. The molecule has 3 N–H and O–H groups in total. The highest BCUT2D eigenvalue weighted by molar-refractivity contribution is 5.36. The summed E-state index contributed by atoms with van der Waals surface area (Å²) in [6.07, 6.45) is 0. The number of nitrogens with one attached hydrogen (secondary N) is 1. The van der Waals surface area contributed by atoms with Gasteiger partial charge >= 0.3 is 0 Å². The summed E-state index contributed by atoms with van der Waals surface area (Å²) in [5, 5.41) is 0. The average Bonchev–Trinajstić information content (AvgIpc) is 2.43. The first-order chi connectivity index (χ1) is 9.45. The van der Waals surface area contributed by atoms with Gasteiger partial charge < -0.3 is 0 Å². The standard InChI is InChI=1S/C15H15F3N2/c1-8-3-5-10(7-12(8)16)15(20-19)11-6-4-9(2)13(17)14(11)18/h3-7,15,20H,19H2,1-2H3. The molecule has 2 rings (SSSR count). The maximum atomic E-state index is 14.0. The Hall–Kier alpha value is -1.85. The first kappa shape index (κ1) is 14.6. The van der Waals surface area contributed by atoms with Crippen LogP contribution in [0.25, 0.3) is 0 Å². The zero-order valence-corrected chi connectivity index (χ0v) is 11.2. The zero-order valence-electron chi connectivity index (χ0n) is 11.2. The molecule has 0 aromatic heterocycles. The third kappa shape index (κ3) is 2.55. The van der Waals surface area contributed by atoms with E-state index in [1.54, 1.807) is 19.1 Å². The van der Waals surface area contributed by atoms with Crippen LogP contribution in [0.1, 0.15) is 28.3 Å². The lowest BCUT2D eigenvalue weighted by atomic mass is 9.96. The van der Waals surface area contributed by atoms with Crippen LogP contribution in [0.5, 0.6) is 0 Å². The zero-order chi connectivity index (χ0) is 14.9. The SMILES string of the molecule is Cc1ccc(C(NN)c2ccc(C)c(F)c2F)cc1F. The molecule has 0 radical (unpaired) electrons. The molecule has 20 heavy (non-hydrogen) atoms. The van der Waals surface area contributed by atoms with Crippen LogP contribution < -0.4 is 11.3 Å². The molecule has 2 aromatic rings. The molecule has 0 fully saturated rings. The van der Waals surface area contributed by atoms with E-state index in [0.717, 1.165) is 0 Å². The summed E-state index contributed by atoms with van der Waals surface area (Å²) in [6.45, 7) is 3.09. The molecule has 2 nitrogen and oxygen atoms in total. The molecular weight excluding hydrogens is 265 g/mol. The molecular formula is C15H15F3N2. The molecule has 5 heteroatoms. The first-order valence-corrected chi connectivity index (χ1v) is 6.12. The van der Waals surface area contributed by atoms with Crippen LogP contribution in [0.2, 0.25) is 0 Å². The van der Waals surface area contributed by atoms with Crippen LogP contribution in [0.3, 0.4) is 0 Å². The molecule has 0 spiro atoms. The fourth-order valence-electron chi connectivity index (χ4n) is 2.04. The van der Waals surface area contributed by atoms with Crippen molar-refractivity contribution in [1.82, 2.24) is 5.43 Å². The van der Waals surface area contributed by atoms with Gasteiger partial charge in [0.15, 0.2) is 11.6 Å². The van der Waals surface area contributed by atoms with Crippen molar-refractivity contribution < 1.29 is 13.2 Å². The van der Waals surface area contributed by atoms with Crippen molar-refractivity contribution in [2.45, 2.75) is 19.9 Å². The molecule has 0 saturated heterocycles. The Morgan fingerprint density at radius 2 is 1.60 bits per heavy atom. The summed E-state index contributed by atoms with van der Waals surface area (Å²) in [4.78, 5) is 0. The highest BCUT2D eigenvalue weighted by atomic mass is 19.2. The molecule has 0 amide bonds. The van der Waals surface area contributed by atoms with Gasteiger partial charge in [0.2, 0.25) is 0 Å². The van der Waals surface area contributed by atoms with Crippen LogP contribution in [0.4, 0.5) is 13.2 Å². The van der Waals surface area contributed by atoms with Crippen molar-refractivity contribution in [3.8, 4) is 0 Å². The van der Waals surface area contributed by atoms with Crippen LogP contribution in [-0.4, -0.2) is 0 Å². The molecule has 0 aliphatic heterocycles. The number of rotatable bonds is 3. The maximum Gasteiger partial charge on any atom is 0.164 e. The fraction of sp³-hybridized carbons (Fsp3) is 0.200. The first-order valence-electron chi connectivity index (χ1n) is 6.12. The minimum absolute atomic E-state index is 0.0406. The summed E-state index contributed by atoms with van der Waals surface area (Å²) < 4.78 is 41.2. The van der Waals surface area contributed by atoms with E-state index in [-0.39, 0.29) is 11.1 Å². The second kappa shape index (κ2) is 5.64. The number of benzene rings is 2. The number of aryl methyl sites for hydroxylation is 2. The van der Waals surface area contributed by atoms with Gasteiger partial charge in [-0.2, -0.15) is 0 Å². The third-order valence-corrected chi connectivity index (χ3v) is 3.31. The van der Waals surface area contributed by atoms with Crippen molar-refractivity contribution in [2.75, 3.05) is 0 Å². The Balaban J connectivity index is 2.52. The third-order valence-electron chi connectivity index (χ3n) is 3.31. The van der Waals surface area contributed by atoms with Gasteiger partial charge in [-0.3, -0.25) is 5.84 Å². The molecule has 1 atom stereocenters. The monoisotopic (exact) mass is 280 g/mol. The predicted molar refractivity (Wildman–Crippen MR) is 71.4 cm³/mol. The molecule has 0 bridgehead atoms. The van der Waals surface area contributed by atoms with Gasteiger partial charge in [-0.1, -0.05) is 24.3 Å². The van der Waals surface area contributed by atoms with Crippen LogP contribution in [0, 0.1) is 31.3 Å². The summed E-state index contributed by atoms with van der Waals surface area (Å²) in [5.41, 5.74) is 3.54. The molecule has 2 aromatic carbocycles. The van der Waals surface area contributed by atoms with E-state index < -0.39 is 23.5 Å². The second-order valence-electron chi connectivity index (χ2n) is 4.71. The number of halogens is 3. The van der Waals surface area contributed by atoms with Crippen molar-refractivity contribution >= 4 is 0 Å². The fourth-order valence-corrected chi connectivity index (χ4v) is 2.04. The highest BCUT2D eigenvalue weighted by Gasteiger charge is 2.20. The van der Waals surface area contributed by atoms with Gasteiger partial charge in [-0.25, -0.2) is 18.6 Å². The Kier molecular flexibility index (Phi) is 4.11. The van der Waals surface area contributed by atoms with E-state index in [0.29, 0.717) is 11.1 Å². The lowest BCUT2D eigenvalue weighted by Gasteiger charge is -2.19. The predicted octanol–water partition coefficient (Wildman–Crippen LogP) is 3.27. The van der Waals surface area contributed by atoms with Crippen LogP contribution in [0.15, 0.2) is 30.3 Å². The van der Waals surface area contributed by atoms with Gasteiger partial charge in [0.1, 0.15) is 5.82 Å². The minimum atomic E-state index is -0.978. The number of hydrazine groups is 1. The Bertz CT molecular complexity index is 641. The van der Waals surface area contributed by atoms with E-state index >= 15 is 0 Å². The summed E-state index contributed by atoms with van der Waals surface area (Å²) in [6, 6.07) is 6.54. The Labute approximate surface area is 115 Å². The summed E-state index contributed by atoms with van der Waals surface area (Å²) >= 11 is 0. The summed E-state index contributed by atoms with van der Waals surface area (Å²) in [7, 11) is 0. The Morgan fingerprint density at radius 3 is 2.20 bits per heavy atom. The van der Waals surface area contributed by atoms with E-state index in [9.17, 15) is 13.2 Å². The highest BCUT2D eigenvalue weighted by Crippen LogP contribution is 2.27. The average molecular weight is 280 g/mol. The van der Waals surface area contributed by atoms with Crippen LogP contribution in [-0.2, 0) is 0 Å². The number of hydrogen-bond donors (Lipinski definition) is 2. The van der Waals surface area contributed by atoms with E-state index in [2.05, 4.69) is 5.43 Å². The van der Waals surface area contributed by atoms with Crippen molar-refractivity contribution in [3.63, 3.8) is 0 Å². The van der Waals surface area contributed by atoms with Gasteiger partial charge in [0.25, 0.3) is 0 Å². The number of nitrogens with two attached hydrogens (primary N) is 1. The van der Waals surface area contributed by atoms with Gasteiger partial charge in [0, 0.05) is 5.56 Å². The lowest BCUT2D eigenvalue weighted by Crippen LogP contribution is -2.30. The van der Waals surface area contributed by atoms with Crippen LogP contribution >= 0.6 is 0 Å². The van der Waals surface area contributed by atoms with Gasteiger partial charge in [-0.05, 0) is 36.6 Å². The molecule has 0 aliphatic rings. The normalized spacial score (nSPS) is 12.5. The molecule has 1 unspecified atom stereocenters. The molecule has 0 aliphatic carbocycles. The largest absolute Gasteiger partial charge is 0.271 e. The topological polar surface area (TPSA) is 38.0 Å². The smallest absolute Gasteiger partial charge is 0.164 e. The van der Waals surface area contributed by atoms with E-state index in [1.165, 1.54) is 25.1 Å². The lowest BCUT2D eigenvalue weighted by molar-refractivity contribution is 0.478. The maximum absolute atomic E-state index is 14.0. The summed E-state index contributed by atoms with van der Waals surface area (Å²) in [5.74, 6) is 3.10. The molecule has 106 valence electrons. The number of hydrogen-bond acceptors (Lipinski definition) is 2. The van der Waals surface area contributed by atoms with Gasteiger partial charge in [-0.15, -0.1) is 0 Å². The van der Waals surface area contributed by atoms with Crippen molar-refractivity contribution in [1.29, 1.82) is 0 Å². The van der Waals surface area contributed by atoms with Crippen molar-refractivity contribution in [3.05, 3.63) is 70.0 Å². The van der Waals surface area contributed by atoms with E-state index in [4.69, 9.17) is 5.84 Å². The second-order valence-corrected chi connectivity index (χ2v) is 4.71. The minimum Gasteiger partial charge on any atom is -0.271 e. The van der Waals surface area contributed by atoms with Crippen molar-refractivity contribution in [2.24, 2.45) is 5.84 Å². The quantitative estimate of drug-likeness (QED) is 0.669. The van der Waals surface area contributed by atoms with Gasteiger partial charge in [0.05, 0.1) is 6.04 Å². The Morgan fingerprint density at radius 1 is 0.950 bits per heavy atom.